The topological polar surface area (TPSA) is 27.7 Å². The first-order chi connectivity index (χ1) is 8.35. The lowest BCUT2D eigenvalue weighted by Gasteiger charge is -2.62. The molecule has 0 N–H and O–H groups in total. The largest absolute Gasteiger partial charge is 0.378 e. The van der Waals surface area contributed by atoms with Crippen molar-refractivity contribution in [3.8, 4) is 0 Å². The standard InChI is InChI=1S/C15H26O3/c1-12(2)9-14(10-13(3,11-14)16-4)5-6-15(12)17-7-8-18-15/h5-11H2,1-4H3. The molecule has 3 nitrogen and oxygen atoms in total. The van der Waals surface area contributed by atoms with Crippen LogP contribution in [-0.4, -0.2) is 31.7 Å². The van der Waals surface area contributed by atoms with E-state index in [0.717, 1.165) is 19.6 Å². The fraction of sp³-hybridized carbons (Fsp3) is 1.00. The monoisotopic (exact) mass is 254 g/mol. The quantitative estimate of drug-likeness (QED) is 0.719. The fourth-order valence-corrected chi connectivity index (χ4v) is 4.90. The SMILES string of the molecule is COC1(C)CC2(CCC3(OCCO3)C(C)(C)C2)C1. The van der Waals surface area contributed by atoms with E-state index in [0.29, 0.717) is 5.41 Å². The summed E-state index contributed by atoms with van der Waals surface area (Å²) in [7, 11) is 1.84. The predicted octanol–water partition coefficient (Wildman–Crippen LogP) is 3.12. The van der Waals surface area contributed by atoms with Crippen LogP contribution in [0.5, 0.6) is 0 Å². The second kappa shape index (κ2) is 3.71. The molecule has 0 atom stereocenters. The maximum absolute atomic E-state index is 5.98. The fourth-order valence-electron chi connectivity index (χ4n) is 4.90. The second-order valence-corrected chi connectivity index (χ2v) is 7.52. The lowest BCUT2D eigenvalue weighted by molar-refractivity contribution is -0.284. The van der Waals surface area contributed by atoms with Gasteiger partial charge >= 0.3 is 0 Å². The van der Waals surface area contributed by atoms with Crippen molar-refractivity contribution in [2.75, 3.05) is 20.3 Å². The highest BCUT2D eigenvalue weighted by Gasteiger charge is 2.63. The van der Waals surface area contributed by atoms with E-state index in [1.165, 1.54) is 25.7 Å². The van der Waals surface area contributed by atoms with Gasteiger partial charge in [-0.1, -0.05) is 13.8 Å². The van der Waals surface area contributed by atoms with Crippen molar-refractivity contribution in [3.63, 3.8) is 0 Å². The maximum atomic E-state index is 5.98. The molecule has 0 radical (unpaired) electrons. The second-order valence-electron chi connectivity index (χ2n) is 7.52. The van der Waals surface area contributed by atoms with Crippen LogP contribution in [-0.2, 0) is 14.2 Å². The van der Waals surface area contributed by atoms with Gasteiger partial charge in [0.2, 0.25) is 0 Å². The zero-order valence-electron chi connectivity index (χ0n) is 12.2. The van der Waals surface area contributed by atoms with Crippen molar-refractivity contribution >= 4 is 0 Å². The van der Waals surface area contributed by atoms with Gasteiger partial charge in [-0.15, -0.1) is 0 Å². The minimum absolute atomic E-state index is 0.108. The van der Waals surface area contributed by atoms with Gasteiger partial charge in [-0.05, 0) is 38.0 Å². The summed E-state index contributed by atoms with van der Waals surface area (Å²) in [4.78, 5) is 0. The first-order valence-corrected chi connectivity index (χ1v) is 7.18. The molecule has 3 aliphatic rings. The van der Waals surface area contributed by atoms with Crippen LogP contribution in [0.1, 0.15) is 52.9 Å². The van der Waals surface area contributed by atoms with Gasteiger partial charge < -0.3 is 14.2 Å². The number of rotatable bonds is 1. The van der Waals surface area contributed by atoms with Gasteiger partial charge in [0.25, 0.3) is 0 Å². The first-order valence-electron chi connectivity index (χ1n) is 7.18. The van der Waals surface area contributed by atoms with E-state index in [-0.39, 0.29) is 16.8 Å². The molecule has 0 bridgehead atoms. The van der Waals surface area contributed by atoms with Gasteiger partial charge in [0.15, 0.2) is 5.79 Å². The summed E-state index contributed by atoms with van der Waals surface area (Å²) in [6.45, 7) is 8.36. The van der Waals surface area contributed by atoms with Crippen LogP contribution in [0.2, 0.25) is 0 Å². The van der Waals surface area contributed by atoms with E-state index in [4.69, 9.17) is 14.2 Å². The van der Waals surface area contributed by atoms with Gasteiger partial charge in [-0.2, -0.15) is 0 Å². The highest BCUT2D eigenvalue weighted by atomic mass is 16.7. The van der Waals surface area contributed by atoms with Crippen LogP contribution in [0.4, 0.5) is 0 Å². The van der Waals surface area contributed by atoms with E-state index in [1.807, 2.05) is 7.11 Å². The van der Waals surface area contributed by atoms with Crippen LogP contribution >= 0.6 is 0 Å². The highest BCUT2D eigenvalue weighted by molar-refractivity contribution is 5.10. The Morgan fingerprint density at radius 1 is 0.889 bits per heavy atom. The van der Waals surface area contributed by atoms with Gasteiger partial charge in [0, 0.05) is 18.9 Å². The molecular weight excluding hydrogens is 228 g/mol. The highest BCUT2D eigenvalue weighted by Crippen LogP contribution is 2.64. The third-order valence-corrected chi connectivity index (χ3v) is 5.58. The molecule has 2 aliphatic carbocycles. The number of hydrogen-bond donors (Lipinski definition) is 0. The van der Waals surface area contributed by atoms with Gasteiger partial charge in [0.1, 0.15) is 0 Å². The molecule has 0 aromatic rings. The summed E-state index contributed by atoms with van der Waals surface area (Å²) in [6, 6.07) is 0. The Hall–Kier alpha value is -0.120. The number of hydrogen-bond acceptors (Lipinski definition) is 3. The summed E-state index contributed by atoms with van der Waals surface area (Å²) in [5, 5.41) is 0. The average Bonchev–Trinajstić information content (AvgIpc) is 2.72. The van der Waals surface area contributed by atoms with E-state index in [9.17, 15) is 0 Å². The molecule has 18 heavy (non-hydrogen) atoms. The zero-order chi connectivity index (χ0) is 13.1. The lowest BCUT2D eigenvalue weighted by atomic mass is 9.48. The molecule has 3 fully saturated rings. The molecule has 1 heterocycles. The molecule has 1 aliphatic heterocycles. The summed E-state index contributed by atoms with van der Waals surface area (Å²) in [6.07, 6.45) is 5.83. The smallest absolute Gasteiger partial charge is 0.173 e. The van der Waals surface area contributed by atoms with E-state index >= 15 is 0 Å². The van der Waals surface area contributed by atoms with Gasteiger partial charge in [0.05, 0.1) is 18.8 Å². The van der Waals surface area contributed by atoms with Crippen molar-refractivity contribution in [1.82, 2.24) is 0 Å². The summed E-state index contributed by atoms with van der Waals surface area (Å²) in [5.74, 6) is -0.308. The van der Waals surface area contributed by atoms with Crippen LogP contribution in [0.25, 0.3) is 0 Å². The first kappa shape index (κ1) is 12.9. The molecule has 2 saturated carbocycles. The van der Waals surface area contributed by atoms with E-state index in [1.54, 1.807) is 0 Å². The van der Waals surface area contributed by atoms with Gasteiger partial charge in [-0.3, -0.25) is 0 Å². The summed E-state index contributed by atoms with van der Waals surface area (Å²) >= 11 is 0. The summed E-state index contributed by atoms with van der Waals surface area (Å²) in [5.41, 5.74) is 0.684. The maximum Gasteiger partial charge on any atom is 0.173 e. The summed E-state index contributed by atoms with van der Waals surface area (Å²) < 4.78 is 17.6. The van der Waals surface area contributed by atoms with Crippen LogP contribution in [0.15, 0.2) is 0 Å². The number of methoxy groups -OCH3 is 1. The van der Waals surface area contributed by atoms with Crippen molar-refractivity contribution < 1.29 is 14.2 Å². The molecular formula is C15H26O3. The van der Waals surface area contributed by atoms with E-state index < -0.39 is 0 Å². The van der Waals surface area contributed by atoms with Crippen molar-refractivity contribution in [2.45, 2.75) is 64.3 Å². The van der Waals surface area contributed by atoms with Crippen molar-refractivity contribution in [1.29, 1.82) is 0 Å². The molecule has 0 aromatic carbocycles. The molecule has 3 rings (SSSR count). The Kier molecular flexibility index (Phi) is 2.66. The molecule has 3 heteroatoms. The average molecular weight is 254 g/mol. The van der Waals surface area contributed by atoms with E-state index in [2.05, 4.69) is 20.8 Å². The van der Waals surface area contributed by atoms with Crippen LogP contribution in [0.3, 0.4) is 0 Å². The molecule has 104 valence electrons. The minimum atomic E-state index is -0.308. The predicted molar refractivity (Wildman–Crippen MR) is 69.3 cm³/mol. The normalized spacial score (nSPS) is 45.3. The minimum Gasteiger partial charge on any atom is -0.378 e. The lowest BCUT2D eigenvalue weighted by Crippen LogP contribution is -2.60. The van der Waals surface area contributed by atoms with Crippen LogP contribution in [0, 0.1) is 10.8 Å². The van der Waals surface area contributed by atoms with Crippen molar-refractivity contribution in [3.05, 3.63) is 0 Å². The Bertz CT molecular complexity index is 336. The van der Waals surface area contributed by atoms with Crippen LogP contribution < -0.4 is 0 Å². The molecule has 0 aromatic heterocycles. The van der Waals surface area contributed by atoms with Crippen molar-refractivity contribution in [2.24, 2.45) is 10.8 Å². The Morgan fingerprint density at radius 3 is 2.00 bits per heavy atom. The zero-order valence-corrected chi connectivity index (χ0v) is 12.2. The Balaban J connectivity index is 1.75. The third-order valence-electron chi connectivity index (χ3n) is 5.58. The molecule has 2 spiro atoms. The Labute approximate surface area is 110 Å². The third kappa shape index (κ3) is 1.67. The Morgan fingerprint density at radius 2 is 1.50 bits per heavy atom. The molecule has 0 amide bonds. The number of ether oxygens (including phenoxy) is 3. The molecule has 1 saturated heterocycles. The molecule has 0 unspecified atom stereocenters. The van der Waals surface area contributed by atoms with Gasteiger partial charge in [-0.25, -0.2) is 0 Å².